The number of nitrogens with zero attached hydrogens (tertiary/aromatic N) is 1. The number of carbonyl (C=O) groups is 2. The Morgan fingerprint density at radius 3 is 2.23 bits per heavy atom. The second-order valence-electron chi connectivity index (χ2n) is 6.54. The molecule has 122 valence electrons. The highest BCUT2D eigenvalue weighted by molar-refractivity contribution is 5.94. The van der Waals surface area contributed by atoms with Gasteiger partial charge in [0, 0.05) is 25.1 Å². The van der Waals surface area contributed by atoms with E-state index in [0.29, 0.717) is 12.1 Å². The molecule has 0 saturated carbocycles. The summed E-state index contributed by atoms with van der Waals surface area (Å²) in [5.74, 6) is -0.167. The number of hydrogen-bond donors (Lipinski definition) is 2. The van der Waals surface area contributed by atoms with Gasteiger partial charge in [-0.25, -0.2) is 0 Å². The number of hydrogen-bond acceptors (Lipinski definition) is 3. The normalized spacial score (nSPS) is 11.4. The van der Waals surface area contributed by atoms with E-state index in [4.69, 9.17) is 0 Å². The molecule has 5 heteroatoms. The summed E-state index contributed by atoms with van der Waals surface area (Å²) in [4.78, 5) is 25.6. The first-order valence-electron chi connectivity index (χ1n) is 7.43. The highest BCUT2D eigenvalue weighted by atomic mass is 16.3. The maximum Gasteiger partial charge on any atom is 0.251 e. The van der Waals surface area contributed by atoms with Gasteiger partial charge >= 0.3 is 0 Å². The third kappa shape index (κ3) is 5.15. The minimum Gasteiger partial charge on any atom is -0.394 e. The van der Waals surface area contributed by atoms with Crippen molar-refractivity contribution in [2.45, 2.75) is 39.8 Å². The summed E-state index contributed by atoms with van der Waals surface area (Å²) in [5.41, 5.74) is 0.845. The van der Waals surface area contributed by atoms with Crippen LogP contribution in [0, 0.1) is 5.92 Å². The first-order chi connectivity index (χ1) is 10.2. The van der Waals surface area contributed by atoms with Crippen molar-refractivity contribution in [2.75, 3.05) is 13.7 Å². The van der Waals surface area contributed by atoms with Crippen LogP contribution < -0.4 is 5.32 Å². The van der Waals surface area contributed by atoms with Crippen LogP contribution in [0.4, 0.5) is 0 Å². The van der Waals surface area contributed by atoms with E-state index in [9.17, 15) is 14.7 Å². The number of carbonyl (C=O) groups excluding carboxylic acids is 2. The van der Waals surface area contributed by atoms with Gasteiger partial charge < -0.3 is 15.3 Å². The molecule has 0 spiro atoms. The zero-order chi connectivity index (χ0) is 16.9. The number of aliphatic hydroxyl groups is 1. The van der Waals surface area contributed by atoms with Gasteiger partial charge in [-0.3, -0.25) is 9.59 Å². The van der Waals surface area contributed by atoms with E-state index in [0.717, 1.165) is 5.56 Å². The maximum atomic E-state index is 12.1. The van der Waals surface area contributed by atoms with Gasteiger partial charge in [-0.1, -0.05) is 26.0 Å². The molecule has 1 aromatic rings. The van der Waals surface area contributed by atoms with E-state index in [-0.39, 0.29) is 24.3 Å². The Bertz CT molecular complexity index is 521. The molecule has 2 amide bonds. The van der Waals surface area contributed by atoms with E-state index in [1.807, 2.05) is 26.0 Å². The van der Waals surface area contributed by atoms with Gasteiger partial charge in [-0.15, -0.1) is 0 Å². The second-order valence-corrected chi connectivity index (χ2v) is 6.54. The fraction of sp³-hybridized carbons (Fsp3) is 0.529. The molecule has 0 aliphatic rings. The van der Waals surface area contributed by atoms with Gasteiger partial charge in [-0.05, 0) is 31.5 Å². The Morgan fingerprint density at radius 1 is 1.23 bits per heavy atom. The topological polar surface area (TPSA) is 69.6 Å². The second kappa shape index (κ2) is 7.40. The van der Waals surface area contributed by atoms with Crippen molar-refractivity contribution in [3.63, 3.8) is 0 Å². The number of rotatable bonds is 6. The van der Waals surface area contributed by atoms with Crippen LogP contribution in [0.3, 0.4) is 0 Å². The minimum atomic E-state index is -0.653. The van der Waals surface area contributed by atoms with Gasteiger partial charge in [0.25, 0.3) is 5.91 Å². The van der Waals surface area contributed by atoms with Crippen LogP contribution in [-0.4, -0.2) is 41.0 Å². The minimum absolute atomic E-state index is 0.0317. The summed E-state index contributed by atoms with van der Waals surface area (Å²) in [6.45, 7) is 7.64. The first kappa shape index (κ1) is 18.2. The Hall–Kier alpha value is -1.88. The van der Waals surface area contributed by atoms with E-state index >= 15 is 0 Å². The Kier molecular flexibility index (Phi) is 6.11. The molecule has 0 unspecified atom stereocenters. The van der Waals surface area contributed by atoms with Crippen molar-refractivity contribution < 1.29 is 14.7 Å². The van der Waals surface area contributed by atoms with Crippen molar-refractivity contribution in [1.82, 2.24) is 10.2 Å². The number of nitrogens with one attached hydrogen (secondary N) is 1. The average Bonchev–Trinajstić information content (AvgIpc) is 2.46. The van der Waals surface area contributed by atoms with E-state index in [1.54, 1.807) is 37.9 Å². The lowest BCUT2D eigenvalue weighted by Gasteiger charge is -2.23. The van der Waals surface area contributed by atoms with Crippen molar-refractivity contribution in [3.8, 4) is 0 Å². The summed E-state index contributed by atoms with van der Waals surface area (Å²) in [6, 6.07) is 7.13. The highest BCUT2D eigenvalue weighted by Gasteiger charge is 2.20. The molecule has 0 bridgehead atoms. The first-order valence-corrected chi connectivity index (χ1v) is 7.43. The third-order valence-corrected chi connectivity index (χ3v) is 3.35. The van der Waals surface area contributed by atoms with Crippen LogP contribution in [0.1, 0.15) is 43.6 Å². The molecular formula is C17H26N2O3. The van der Waals surface area contributed by atoms with Crippen molar-refractivity contribution in [3.05, 3.63) is 35.4 Å². The lowest BCUT2D eigenvalue weighted by molar-refractivity contribution is -0.133. The molecule has 0 aromatic heterocycles. The third-order valence-electron chi connectivity index (χ3n) is 3.35. The summed E-state index contributed by atoms with van der Waals surface area (Å²) in [6.07, 6.45) is 0. The van der Waals surface area contributed by atoms with Crippen LogP contribution >= 0.6 is 0 Å². The van der Waals surface area contributed by atoms with Gasteiger partial charge in [0.05, 0.1) is 12.1 Å². The predicted octanol–water partition coefficient (Wildman–Crippen LogP) is 1.80. The number of aliphatic hydroxyl groups excluding tert-OH is 1. The van der Waals surface area contributed by atoms with Crippen LogP contribution in [0.5, 0.6) is 0 Å². The summed E-state index contributed by atoms with van der Waals surface area (Å²) >= 11 is 0. The van der Waals surface area contributed by atoms with Crippen LogP contribution in [-0.2, 0) is 11.3 Å². The Morgan fingerprint density at radius 2 is 1.77 bits per heavy atom. The lowest BCUT2D eigenvalue weighted by atomic mass is 10.1. The van der Waals surface area contributed by atoms with Crippen molar-refractivity contribution in [2.24, 2.45) is 5.92 Å². The van der Waals surface area contributed by atoms with E-state index in [1.165, 1.54) is 0 Å². The molecule has 0 heterocycles. The van der Waals surface area contributed by atoms with Crippen LogP contribution in [0.2, 0.25) is 0 Å². The van der Waals surface area contributed by atoms with Crippen molar-refractivity contribution >= 4 is 11.8 Å². The zero-order valence-corrected chi connectivity index (χ0v) is 14.0. The molecule has 0 aliphatic carbocycles. The number of amides is 2. The zero-order valence-electron chi connectivity index (χ0n) is 14.0. The molecule has 2 N–H and O–H groups in total. The van der Waals surface area contributed by atoms with Gasteiger partial charge in [-0.2, -0.15) is 0 Å². The van der Waals surface area contributed by atoms with E-state index in [2.05, 4.69) is 5.32 Å². The lowest BCUT2D eigenvalue weighted by Crippen LogP contribution is -2.46. The quantitative estimate of drug-likeness (QED) is 0.842. The smallest absolute Gasteiger partial charge is 0.251 e. The summed E-state index contributed by atoms with van der Waals surface area (Å²) < 4.78 is 0. The van der Waals surface area contributed by atoms with E-state index < -0.39 is 5.54 Å². The SMILES string of the molecule is CC(C)C(=O)N(C)Cc1ccc(C(=O)NC(C)(C)CO)cc1. The molecule has 22 heavy (non-hydrogen) atoms. The fourth-order valence-corrected chi connectivity index (χ4v) is 1.97. The van der Waals surface area contributed by atoms with Gasteiger partial charge in [0.2, 0.25) is 5.91 Å². The largest absolute Gasteiger partial charge is 0.394 e. The van der Waals surface area contributed by atoms with Crippen LogP contribution in [0.15, 0.2) is 24.3 Å². The molecule has 1 aromatic carbocycles. The molecule has 5 nitrogen and oxygen atoms in total. The fourth-order valence-electron chi connectivity index (χ4n) is 1.97. The highest BCUT2D eigenvalue weighted by Crippen LogP contribution is 2.10. The molecular weight excluding hydrogens is 280 g/mol. The molecule has 1 rings (SSSR count). The maximum absolute atomic E-state index is 12.1. The molecule has 0 aliphatic heterocycles. The van der Waals surface area contributed by atoms with Gasteiger partial charge in [0.1, 0.15) is 0 Å². The predicted molar refractivity (Wildman–Crippen MR) is 86.4 cm³/mol. The molecule has 0 radical (unpaired) electrons. The van der Waals surface area contributed by atoms with Crippen LogP contribution in [0.25, 0.3) is 0 Å². The monoisotopic (exact) mass is 306 g/mol. The Labute approximate surface area is 132 Å². The van der Waals surface area contributed by atoms with Gasteiger partial charge in [0.15, 0.2) is 0 Å². The molecule has 0 atom stereocenters. The Balaban J connectivity index is 2.71. The molecule has 0 fully saturated rings. The summed E-state index contributed by atoms with van der Waals surface area (Å²) in [5, 5.41) is 11.9. The van der Waals surface area contributed by atoms with Crippen molar-refractivity contribution in [1.29, 1.82) is 0 Å². The number of benzene rings is 1. The average molecular weight is 306 g/mol. The summed E-state index contributed by atoms with van der Waals surface area (Å²) in [7, 11) is 1.77. The molecule has 0 saturated heterocycles. The standard InChI is InChI=1S/C17H26N2O3/c1-12(2)16(22)19(5)10-13-6-8-14(9-7-13)15(21)18-17(3,4)11-20/h6-9,12,20H,10-11H2,1-5H3,(H,18,21).